The predicted molar refractivity (Wildman–Crippen MR) is 138 cm³/mol. The fourth-order valence-corrected chi connectivity index (χ4v) is 5.79. The Bertz CT molecular complexity index is 1680. The van der Waals surface area contributed by atoms with Crippen LogP contribution in [0.15, 0.2) is 48.2 Å². The lowest BCUT2D eigenvalue weighted by Gasteiger charge is -2.26. The van der Waals surface area contributed by atoms with Crippen molar-refractivity contribution in [2.45, 2.75) is 17.0 Å². The monoisotopic (exact) mass is 540 g/mol. The fourth-order valence-electron chi connectivity index (χ4n) is 3.44. The molecule has 0 aromatic heterocycles. The van der Waals surface area contributed by atoms with Gasteiger partial charge in [0, 0.05) is 52.7 Å². The molecular formula is C24H20N4O7S2. The Morgan fingerprint density at radius 2 is 1.70 bits per heavy atom. The number of hydrogen-bond donors (Lipinski definition) is 6. The van der Waals surface area contributed by atoms with E-state index in [1.807, 2.05) is 0 Å². The van der Waals surface area contributed by atoms with Gasteiger partial charge in [-0.1, -0.05) is 23.8 Å². The molecule has 0 unspecified atom stereocenters. The highest BCUT2D eigenvalue weighted by Crippen LogP contribution is 2.29. The Hall–Kier alpha value is -4.45. The number of benzene rings is 2. The van der Waals surface area contributed by atoms with E-state index in [0.717, 1.165) is 6.20 Å². The maximum Gasteiger partial charge on any atom is 0.287 e. The minimum atomic E-state index is -4.84. The van der Waals surface area contributed by atoms with Crippen LogP contribution < -0.4 is 22.1 Å². The molecule has 37 heavy (non-hydrogen) atoms. The summed E-state index contributed by atoms with van der Waals surface area (Å²) in [6, 6.07) is 12.3. The summed E-state index contributed by atoms with van der Waals surface area (Å²) in [4.78, 5) is 10.2. The number of nitrogens with two attached hydrogens (primary N) is 2. The Labute approximate surface area is 213 Å². The van der Waals surface area contributed by atoms with Crippen LogP contribution >= 0.6 is 0 Å². The Balaban J connectivity index is 2.01. The van der Waals surface area contributed by atoms with Gasteiger partial charge in [0.05, 0.1) is 0 Å². The van der Waals surface area contributed by atoms with Crippen molar-refractivity contribution < 1.29 is 30.7 Å². The highest BCUT2D eigenvalue weighted by Gasteiger charge is 2.42. The van der Waals surface area contributed by atoms with Crippen LogP contribution in [0.3, 0.4) is 0 Å². The summed E-state index contributed by atoms with van der Waals surface area (Å²) in [5, 5.41) is 0.630. The first-order valence-electron chi connectivity index (χ1n) is 10.3. The van der Waals surface area contributed by atoms with E-state index < -0.39 is 37.3 Å². The highest BCUT2D eigenvalue weighted by atomic mass is 32.2. The molecular weight excluding hydrogens is 520 g/mol. The minimum absolute atomic E-state index is 0.164. The van der Waals surface area contributed by atoms with Crippen molar-refractivity contribution in [3.05, 3.63) is 59.3 Å². The van der Waals surface area contributed by atoms with Crippen LogP contribution in [0.1, 0.15) is 17.5 Å². The third-order valence-corrected chi connectivity index (χ3v) is 7.50. The van der Waals surface area contributed by atoms with Crippen LogP contribution in [-0.4, -0.2) is 43.0 Å². The van der Waals surface area contributed by atoms with E-state index >= 15 is 0 Å². The maximum absolute atomic E-state index is 11.7. The number of amides is 1. The molecule has 0 spiro atoms. The standard InChI is InChI=1S/C24H20N4O7S2/c25-20-6-7-22(19-9-16(10-21(26)13-19)3-1-2-8-27-15-29)18(12-20)5-4-17-11-23(36(30,31)32)24(28-14-17)37(33,34)35/h6-7,9-10,12-15,23-24,28H,11,25-26H2,(H,27,29)(H,30,31,32)(H,33,34,35)/t23-,24-/m1/s1. The molecule has 0 radical (unpaired) electrons. The van der Waals surface area contributed by atoms with Gasteiger partial charge in [0.25, 0.3) is 20.2 Å². The maximum atomic E-state index is 11.7. The van der Waals surface area contributed by atoms with Crippen LogP contribution in [0.25, 0.3) is 11.1 Å². The number of carbonyl (C=O) groups is 1. The van der Waals surface area contributed by atoms with E-state index in [0.29, 0.717) is 40.0 Å². The number of nitrogen functional groups attached to an aromatic ring is 2. The lowest BCUT2D eigenvalue weighted by molar-refractivity contribution is -0.108. The largest absolute Gasteiger partial charge is 0.399 e. The molecule has 2 aromatic rings. The SMILES string of the molecule is Nc1cc(C#CC#CNC=O)cc(-c2ccc(N)cc2C#CC2=CN[C@H](S(=O)(=O)O)[C@H](S(=O)(=O)O)C2)c1. The van der Waals surface area contributed by atoms with Gasteiger partial charge in [-0.3, -0.25) is 19.2 Å². The Kier molecular flexibility index (Phi) is 8.13. The second-order valence-corrected chi connectivity index (χ2v) is 10.9. The van der Waals surface area contributed by atoms with E-state index in [1.165, 1.54) is 0 Å². The molecule has 1 aliphatic rings. The molecule has 0 fully saturated rings. The van der Waals surface area contributed by atoms with Crippen molar-refractivity contribution >= 4 is 38.0 Å². The normalized spacial score (nSPS) is 16.8. The molecule has 0 aliphatic carbocycles. The number of rotatable bonds is 4. The predicted octanol–water partition coefficient (Wildman–Crippen LogP) is 0.275. The van der Waals surface area contributed by atoms with Gasteiger partial charge in [0.1, 0.15) is 5.25 Å². The highest BCUT2D eigenvalue weighted by molar-refractivity contribution is 7.90. The van der Waals surface area contributed by atoms with Crippen LogP contribution in [-0.2, 0) is 25.0 Å². The zero-order chi connectivity index (χ0) is 27.2. The average molecular weight is 541 g/mol. The first-order chi connectivity index (χ1) is 17.4. The molecule has 0 bridgehead atoms. The minimum Gasteiger partial charge on any atom is -0.399 e. The molecule has 0 saturated heterocycles. The summed E-state index contributed by atoms with van der Waals surface area (Å²) in [5.41, 5.74) is 15.2. The van der Waals surface area contributed by atoms with Crippen LogP contribution in [0.4, 0.5) is 11.4 Å². The third-order valence-electron chi connectivity index (χ3n) is 5.01. The fraction of sp³-hybridized carbons (Fsp3) is 0.125. The Morgan fingerprint density at radius 3 is 2.38 bits per heavy atom. The van der Waals surface area contributed by atoms with E-state index in [-0.39, 0.29) is 5.57 Å². The van der Waals surface area contributed by atoms with E-state index in [2.05, 4.69) is 46.3 Å². The molecule has 1 aliphatic heterocycles. The van der Waals surface area contributed by atoms with E-state index in [9.17, 15) is 30.7 Å². The van der Waals surface area contributed by atoms with Crippen molar-refractivity contribution in [1.82, 2.24) is 10.6 Å². The summed E-state index contributed by atoms with van der Waals surface area (Å²) < 4.78 is 65.3. The summed E-state index contributed by atoms with van der Waals surface area (Å²) in [6.45, 7) is 0. The summed E-state index contributed by atoms with van der Waals surface area (Å²) in [5.74, 6) is 13.5. The summed E-state index contributed by atoms with van der Waals surface area (Å²) in [6.07, 6.45) is 1.12. The number of hydrogen-bond acceptors (Lipinski definition) is 8. The number of nitrogens with one attached hydrogen (secondary N) is 2. The molecule has 1 heterocycles. The topological polar surface area (TPSA) is 202 Å². The Morgan fingerprint density at radius 1 is 0.946 bits per heavy atom. The lowest BCUT2D eigenvalue weighted by atomic mass is 9.96. The van der Waals surface area contributed by atoms with Gasteiger partial charge in [0.15, 0.2) is 5.37 Å². The van der Waals surface area contributed by atoms with Gasteiger partial charge in [0.2, 0.25) is 6.41 Å². The molecule has 1 amide bonds. The van der Waals surface area contributed by atoms with Gasteiger partial charge in [-0.25, -0.2) is 0 Å². The van der Waals surface area contributed by atoms with Gasteiger partial charge in [-0.15, -0.1) is 0 Å². The van der Waals surface area contributed by atoms with Crippen LogP contribution in [0.5, 0.6) is 0 Å². The second-order valence-electron chi connectivity index (χ2n) is 7.69. The summed E-state index contributed by atoms with van der Waals surface area (Å²) in [7, 11) is -9.67. The second kappa shape index (κ2) is 11.1. The van der Waals surface area contributed by atoms with Crippen molar-refractivity contribution in [3.8, 4) is 46.8 Å². The molecule has 2 aromatic carbocycles. The van der Waals surface area contributed by atoms with Crippen molar-refractivity contribution in [2.24, 2.45) is 0 Å². The van der Waals surface area contributed by atoms with E-state index in [1.54, 1.807) is 36.4 Å². The van der Waals surface area contributed by atoms with Crippen molar-refractivity contribution in [1.29, 1.82) is 0 Å². The van der Waals surface area contributed by atoms with Crippen LogP contribution in [0, 0.1) is 35.6 Å². The van der Waals surface area contributed by atoms with Gasteiger partial charge < -0.3 is 16.8 Å². The zero-order valence-corrected chi connectivity index (χ0v) is 20.5. The van der Waals surface area contributed by atoms with Gasteiger partial charge >= 0.3 is 0 Å². The number of anilines is 2. The molecule has 0 saturated carbocycles. The zero-order valence-electron chi connectivity index (χ0n) is 18.9. The molecule has 8 N–H and O–H groups in total. The van der Waals surface area contributed by atoms with Crippen LogP contribution in [0.2, 0.25) is 0 Å². The third kappa shape index (κ3) is 7.27. The molecule has 11 nitrogen and oxygen atoms in total. The van der Waals surface area contributed by atoms with Gasteiger partial charge in [-0.05, 0) is 47.4 Å². The number of carbonyl (C=O) groups excluding carboxylic acids is 1. The molecule has 2 atom stereocenters. The van der Waals surface area contributed by atoms with Crippen molar-refractivity contribution in [3.63, 3.8) is 0 Å². The lowest BCUT2D eigenvalue weighted by Crippen LogP contribution is -2.49. The number of allylic oxidation sites excluding steroid dienone is 1. The smallest absolute Gasteiger partial charge is 0.287 e. The summed E-state index contributed by atoms with van der Waals surface area (Å²) >= 11 is 0. The molecule has 3 rings (SSSR count). The van der Waals surface area contributed by atoms with Crippen molar-refractivity contribution in [2.75, 3.05) is 11.5 Å². The first kappa shape index (κ1) is 27.1. The molecule has 13 heteroatoms. The molecule has 190 valence electrons. The van der Waals surface area contributed by atoms with E-state index in [4.69, 9.17) is 11.5 Å². The quantitative estimate of drug-likeness (QED) is 0.103. The van der Waals surface area contributed by atoms with Gasteiger partial charge in [-0.2, -0.15) is 16.8 Å². The first-order valence-corrected chi connectivity index (χ1v) is 13.3. The average Bonchev–Trinajstić information content (AvgIpc) is 2.81.